The summed E-state index contributed by atoms with van der Waals surface area (Å²) in [7, 11) is 0. The van der Waals surface area contributed by atoms with E-state index in [1.807, 2.05) is 0 Å². The van der Waals surface area contributed by atoms with Gasteiger partial charge in [0.05, 0.1) is 28.1 Å². The van der Waals surface area contributed by atoms with E-state index in [-0.39, 0.29) is 36.0 Å². The second-order valence-corrected chi connectivity index (χ2v) is 10.7. The number of anilines is 2. The number of thiophene rings is 1. The fourth-order valence-electron chi connectivity index (χ4n) is 4.16. The zero-order valence-electron chi connectivity index (χ0n) is 20.7. The SMILES string of the molecule is O=C(NC[C@H](C(=O)Nc1ccc(N2CCOCC2=O)cc1OC(F)F)N(CC(F)(F)F)C1CC1)c1ccc(Cl)s1. The third-order valence-electron chi connectivity index (χ3n) is 6.07. The van der Waals surface area contributed by atoms with Crippen LogP contribution in [0.2, 0.25) is 4.34 Å². The van der Waals surface area contributed by atoms with Crippen molar-refractivity contribution >= 4 is 52.0 Å². The fourth-order valence-corrected chi connectivity index (χ4v) is 5.12. The number of rotatable bonds is 11. The molecule has 2 fully saturated rings. The molecule has 0 spiro atoms. The third-order valence-corrected chi connectivity index (χ3v) is 7.30. The lowest BCUT2D eigenvalue weighted by Crippen LogP contribution is -2.54. The van der Waals surface area contributed by atoms with Gasteiger partial charge in [-0.15, -0.1) is 11.3 Å². The minimum atomic E-state index is -4.65. The Morgan fingerprint density at radius 1 is 1.23 bits per heavy atom. The average Bonchev–Trinajstić information content (AvgIpc) is 3.63. The predicted octanol–water partition coefficient (Wildman–Crippen LogP) is 4.13. The van der Waals surface area contributed by atoms with E-state index in [0.717, 1.165) is 22.3 Å². The molecule has 16 heteroatoms. The third kappa shape index (κ3) is 8.02. The monoisotopic (exact) mass is 610 g/mol. The molecule has 1 aliphatic heterocycles. The molecule has 2 aliphatic rings. The number of carbonyl (C=O) groups excluding carboxylic acids is 3. The van der Waals surface area contributed by atoms with Crippen LogP contribution in [0.4, 0.5) is 33.3 Å². The second kappa shape index (κ2) is 12.7. The Kier molecular flexibility index (Phi) is 9.48. The molecule has 1 aromatic carbocycles. The maximum atomic E-state index is 13.5. The predicted molar refractivity (Wildman–Crippen MR) is 136 cm³/mol. The molecule has 9 nitrogen and oxygen atoms in total. The van der Waals surface area contributed by atoms with Crippen LogP contribution in [0.3, 0.4) is 0 Å². The molecular formula is C24H24ClF5N4O5S. The highest BCUT2D eigenvalue weighted by atomic mass is 35.5. The van der Waals surface area contributed by atoms with Gasteiger partial charge in [-0.1, -0.05) is 11.6 Å². The van der Waals surface area contributed by atoms with E-state index in [4.69, 9.17) is 16.3 Å². The van der Waals surface area contributed by atoms with Crippen molar-refractivity contribution in [2.45, 2.75) is 37.7 Å². The van der Waals surface area contributed by atoms with Gasteiger partial charge in [-0.05, 0) is 37.1 Å². The van der Waals surface area contributed by atoms with E-state index in [1.54, 1.807) is 0 Å². The topological polar surface area (TPSA) is 100 Å². The number of hydrogen-bond acceptors (Lipinski definition) is 7. The van der Waals surface area contributed by atoms with Crippen LogP contribution in [0.15, 0.2) is 30.3 Å². The van der Waals surface area contributed by atoms with E-state index in [9.17, 15) is 36.3 Å². The molecule has 218 valence electrons. The van der Waals surface area contributed by atoms with Crippen LogP contribution < -0.4 is 20.3 Å². The van der Waals surface area contributed by atoms with Crippen molar-refractivity contribution in [2.24, 2.45) is 0 Å². The first kappa shape index (κ1) is 30.0. The average molecular weight is 611 g/mol. The largest absolute Gasteiger partial charge is 0.433 e. The van der Waals surface area contributed by atoms with Crippen molar-refractivity contribution < 1.29 is 45.8 Å². The molecule has 0 bridgehead atoms. The van der Waals surface area contributed by atoms with Crippen LogP contribution in [0.5, 0.6) is 5.75 Å². The lowest BCUT2D eigenvalue weighted by atomic mass is 10.1. The molecule has 2 aromatic rings. The lowest BCUT2D eigenvalue weighted by Gasteiger charge is -2.32. The zero-order chi connectivity index (χ0) is 29.0. The molecule has 1 saturated carbocycles. The Hall–Kier alpha value is -3.01. The fraction of sp³-hybridized carbons (Fsp3) is 0.458. The van der Waals surface area contributed by atoms with Crippen LogP contribution in [0.1, 0.15) is 22.5 Å². The van der Waals surface area contributed by atoms with E-state index >= 15 is 0 Å². The summed E-state index contributed by atoms with van der Waals surface area (Å²) >= 11 is 6.80. The van der Waals surface area contributed by atoms with Crippen LogP contribution in [-0.2, 0) is 14.3 Å². The summed E-state index contributed by atoms with van der Waals surface area (Å²) in [4.78, 5) is 40.5. The minimum Gasteiger partial charge on any atom is -0.433 e. The number of halogens is 6. The van der Waals surface area contributed by atoms with Crippen molar-refractivity contribution in [1.29, 1.82) is 0 Å². The Morgan fingerprint density at radius 3 is 2.58 bits per heavy atom. The van der Waals surface area contributed by atoms with Crippen molar-refractivity contribution in [1.82, 2.24) is 10.2 Å². The van der Waals surface area contributed by atoms with Crippen molar-refractivity contribution in [2.75, 3.05) is 43.1 Å². The van der Waals surface area contributed by atoms with Crippen LogP contribution >= 0.6 is 22.9 Å². The van der Waals surface area contributed by atoms with Gasteiger partial charge in [-0.3, -0.25) is 19.3 Å². The Labute approximate surface area is 234 Å². The minimum absolute atomic E-state index is 0.156. The quantitative estimate of drug-likeness (QED) is 0.371. The highest BCUT2D eigenvalue weighted by Gasteiger charge is 2.44. The molecule has 2 heterocycles. The summed E-state index contributed by atoms with van der Waals surface area (Å²) in [5.41, 5.74) is -0.0454. The maximum absolute atomic E-state index is 13.5. The summed E-state index contributed by atoms with van der Waals surface area (Å²) in [5, 5.41) is 4.84. The second-order valence-electron chi connectivity index (χ2n) is 8.99. The number of alkyl halides is 5. The van der Waals surface area contributed by atoms with E-state index in [0.29, 0.717) is 17.2 Å². The molecule has 4 rings (SSSR count). The smallest absolute Gasteiger partial charge is 0.401 e. The van der Waals surface area contributed by atoms with Gasteiger partial charge in [0.15, 0.2) is 5.75 Å². The number of amides is 3. The van der Waals surface area contributed by atoms with Crippen LogP contribution in [0.25, 0.3) is 0 Å². The number of nitrogens with one attached hydrogen (secondary N) is 2. The molecular weight excluding hydrogens is 587 g/mol. The number of hydrogen-bond donors (Lipinski definition) is 2. The van der Waals surface area contributed by atoms with E-state index in [1.165, 1.54) is 29.2 Å². The Balaban J connectivity index is 1.58. The molecule has 1 saturated heterocycles. The van der Waals surface area contributed by atoms with Gasteiger partial charge in [-0.25, -0.2) is 0 Å². The van der Waals surface area contributed by atoms with Gasteiger partial charge in [0.1, 0.15) is 12.6 Å². The van der Waals surface area contributed by atoms with Gasteiger partial charge in [0.25, 0.3) is 11.8 Å². The molecule has 3 amide bonds. The number of nitrogens with zero attached hydrogens (tertiary/aromatic N) is 2. The molecule has 1 aromatic heterocycles. The molecule has 2 N–H and O–H groups in total. The van der Waals surface area contributed by atoms with Crippen LogP contribution in [0, 0.1) is 0 Å². The van der Waals surface area contributed by atoms with Gasteiger partial charge in [0, 0.05) is 30.9 Å². The highest BCUT2D eigenvalue weighted by Crippen LogP contribution is 2.35. The maximum Gasteiger partial charge on any atom is 0.401 e. The summed E-state index contributed by atoms with van der Waals surface area (Å²) in [6.45, 7) is -5.05. The summed E-state index contributed by atoms with van der Waals surface area (Å²) in [6, 6.07) is 4.55. The molecule has 1 atom stereocenters. The van der Waals surface area contributed by atoms with Crippen molar-refractivity contribution in [3.63, 3.8) is 0 Å². The number of morpholine rings is 1. The Bertz CT molecular complexity index is 1240. The molecule has 0 radical (unpaired) electrons. The van der Waals surface area contributed by atoms with E-state index < -0.39 is 61.4 Å². The van der Waals surface area contributed by atoms with Crippen molar-refractivity contribution in [3.8, 4) is 5.75 Å². The lowest BCUT2D eigenvalue weighted by molar-refractivity contribution is -0.155. The van der Waals surface area contributed by atoms with Gasteiger partial charge >= 0.3 is 12.8 Å². The highest BCUT2D eigenvalue weighted by molar-refractivity contribution is 7.18. The number of ether oxygens (including phenoxy) is 2. The normalized spacial score (nSPS) is 16.8. The summed E-state index contributed by atoms with van der Waals surface area (Å²) in [6.07, 6.45) is -3.82. The van der Waals surface area contributed by atoms with Gasteiger partial charge in [0.2, 0.25) is 5.91 Å². The first-order valence-corrected chi connectivity index (χ1v) is 13.2. The van der Waals surface area contributed by atoms with Crippen LogP contribution in [-0.4, -0.2) is 80.3 Å². The standard InChI is InChI=1S/C24H24ClF5N4O5S/c25-19-6-5-18(40-19)22(37)31-10-16(34(13-1-2-13)12-24(28,29)30)21(36)32-15-4-3-14(9-17(15)39-23(26)27)33-7-8-38-11-20(33)35/h3-6,9,13,16,23H,1-2,7-8,10-12H2,(H,31,37)(H,32,36)/t16-/m1/s1. The van der Waals surface area contributed by atoms with Crippen molar-refractivity contribution in [3.05, 3.63) is 39.5 Å². The number of benzene rings is 1. The molecule has 1 aliphatic carbocycles. The zero-order valence-corrected chi connectivity index (χ0v) is 22.3. The Morgan fingerprint density at radius 2 is 1.98 bits per heavy atom. The molecule has 40 heavy (non-hydrogen) atoms. The number of carbonyl (C=O) groups is 3. The van der Waals surface area contributed by atoms with Gasteiger partial charge < -0.3 is 25.0 Å². The first-order valence-electron chi connectivity index (χ1n) is 12.0. The van der Waals surface area contributed by atoms with E-state index in [2.05, 4.69) is 15.4 Å². The van der Waals surface area contributed by atoms with Gasteiger partial charge in [-0.2, -0.15) is 22.0 Å². The first-order chi connectivity index (χ1) is 18.9. The molecule has 0 unspecified atom stereocenters. The summed E-state index contributed by atoms with van der Waals surface area (Å²) < 4.78 is 76.8. The summed E-state index contributed by atoms with van der Waals surface area (Å²) in [5.74, 6) is -2.53.